The summed E-state index contributed by atoms with van der Waals surface area (Å²) in [5, 5.41) is 11.2. The van der Waals surface area contributed by atoms with Crippen LogP contribution in [0.25, 0.3) is 11.6 Å². The number of rotatable bonds is 6. The van der Waals surface area contributed by atoms with Gasteiger partial charge < -0.3 is 19.0 Å². The van der Waals surface area contributed by atoms with Gasteiger partial charge in [0.15, 0.2) is 0 Å². The molecular weight excluding hydrogens is 332 g/mol. The summed E-state index contributed by atoms with van der Waals surface area (Å²) in [4.78, 5) is 12.4. The number of nitrogens with one attached hydrogen (secondary N) is 1. The summed E-state index contributed by atoms with van der Waals surface area (Å²) in [6.07, 6.45) is 5.24. The molecule has 4 rings (SSSR count). The highest BCUT2D eigenvalue weighted by Gasteiger charge is 2.26. The second-order valence-corrected chi connectivity index (χ2v) is 6.34. The summed E-state index contributed by atoms with van der Waals surface area (Å²) in [7, 11) is 1.57. The lowest BCUT2D eigenvalue weighted by molar-refractivity contribution is -0.116. The maximum absolute atomic E-state index is 12.4. The van der Waals surface area contributed by atoms with E-state index in [4.69, 9.17) is 9.15 Å². The first-order valence-electron chi connectivity index (χ1n) is 8.66. The SMILES string of the molecule is COc1ccccc1NC(=O)Cn1cccc1-c1nnc(C2CCC2)o1. The number of aromatic nitrogens is 3. The van der Waals surface area contributed by atoms with Gasteiger partial charge in [0.2, 0.25) is 11.8 Å². The lowest BCUT2D eigenvalue weighted by Gasteiger charge is -2.20. The van der Waals surface area contributed by atoms with E-state index in [1.165, 1.54) is 6.42 Å². The fourth-order valence-electron chi connectivity index (χ4n) is 3.00. The number of anilines is 1. The van der Waals surface area contributed by atoms with Gasteiger partial charge in [-0.3, -0.25) is 4.79 Å². The standard InChI is InChI=1S/C19H20N4O3/c1-25-16-10-3-2-8-14(16)20-17(24)12-23-11-5-9-15(23)19-22-21-18(26-19)13-6-4-7-13/h2-3,5,8-11,13H,4,6-7,12H2,1H3,(H,20,24). The maximum Gasteiger partial charge on any atom is 0.264 e. The van der Waals surface area contributed by atoms with Gasteiger partial charge in [-0.15, -0.1) is 10.2 Å². The van der Waals surface area contributed by atoms with Crippen molar-refractivity contribution in [3.63, 3.8) is 0 Å². The van der Waals surface area contributed by atoms with Crippen LogP contribution >= 0.6 is 0 Å². The zero-order valence-corrected chi connectivity index (χ0v) is 14.5. The van der Waals surface area contributed by atoms with E-state index in [0.717, 1.165) is 18.5 Å². The summed E-state index contributed by atoms with van der Waals surface area (Å²) < 4.78 is 12.9. The first kappa shape index (κ1) is 16.4. The minimum Gasteiger partial charge on any atom is -0.495 e. The lowest BCUT2D eigenvalue weighted by Crippen LogP contribution is -2.19. The van der Waals surface area contributed by atoms with Gasteiger partial charge in [0, 0.05) is 12.1 Å². The van der Waals surface area contributed by atoms with E-state index < -0.39 is 0 Å². The van der Waals surface area contributed by atoms with Crippen LogP contribution in [0.15, 0.2) is 47.0 Å². The molecule has 0 unspecified atom stereocenters. The van der Waals surface area contributed by atoms with Crippen LogP contribution in [0.3, 0.4) is 0 Å². The van der Waals surface area contributed by atoms with Crippen LogP contribution < -0.4 is 10.1 Å². The van der Waals surface area contributed by atoms with Gasteiger partial charge in [0.1, 0.15) is 18.0 Å². The van der Waals surface area contributed by atoms with E-state index in [2.05, 4.69) is 15.5 Å². The van der Waals surface area contributed by atoms with Crippen molar-refractivity contribution in [3.05, 3.63) is 48.5 Å². The van der Waals surface area contributed by atoms with Crippen molar-refractivity contribution in [2.24, 2.45) is 0 Å². The van der Waals surface area contributed by atoms with Crippen molar-refractivity contribution in [2.45, 2.75) is 31.7 Å². The van der Waals surface area contributed by atoms with E-state index in [-0.39, 0.29) is 12.5 Å². The fraction of sp³-hybridized carbons (Fsp3) is 0.316. The molecule has 2 aromatic heterocycles. The van der Waals surface area contributed by atoms with Crippen molar-refractivity contribution in [1.29, 1.82) is 0 Å². The quantitative estimate of drug-likeness (QED) is 0.735. The summed E-state index contributed by atoms with van der Waals surface area (Å²) >= 11 is 0. The maximum atomic E-state index is 12.4. The number of carbonyl (C=O) groups excluding carboxylic acids is 1. The van der Waals surface area contributed by atoms with E-state index in [9.17, 15) is 4.79 Å². The van der Waals surface area contributed by atoms with E-state index >= 15 is 0 Å². The van der Waals surface area contributed by atoms with E-state index in [1.807, 2.05) is 30.5 Å². The first-order chi connectivity index (χ1) is 12.7. The molecule has 0 saturated heterocycles. The summed E-state index contributed by atoms with van der Waals surface area (Å²) in [6.45, 7) is 0.140. The second-order valence-electron chi connectivity index (χ2n) is 6.34. The molecule has 1 saturated carbocycles. The number of benzene rings is 1. The van der Waals surface area contributed by atoms with Gasteiger partial charge in [-0.25, -0.2) is 0 Å². The third-order valence-corrected chi connectivity index (χ3v) is 4.64. The zero-order valence-electron chi connectivity index (χ0n) is 14.5. The van der Waals surface area contributed by atoms with Gasteiger partial charge in [0.05, 0.1) is 12.8 Å². The van der Waals surface area contributed by atoms with Gasteiger partial charge in [-0.1, -0.05) is 18.6 Å². The number of para-hydroxylation sites is 2. The highest BCUT2D eigenvalue weighted by Crippen LogP contribution is 2.36. The molecular formula is C19H20N4O3. The molecule has 1 aromatic carbocycles. The van der Waals surface area contributed by atoms with Crippen molar-refractivity contribution < 1.29 is 13.9 Å². The predicted octanol–water partition coefficient (Wildman–Crippen LogP) is 3.45. The third-order valence-electron chi connectivity index (χ3n) is 4.64. The topological polar surface area (TPSA) is 82.2 Å². The highest BCUT2D eigenvalue weighted by atomic mass is 16.5. The van der Waals surface area contributed by atoms with E-state index in [0.29, 0.717) is 29.1 Å². The number of hydrogen-bond donors (Lipinski definition) is 1. The number of nitrogens with zero attached hydrogens (tertiary/aromatic N) is 3. The average molecular weight is 352 g/mol. The molecule has 1 amide bonds. The minimum atomic E-state index is -0.161. The van der Waals surface area contributed by atoms with Crippen LogP contribution in [0.5, 0.6) is 5.75 Å². The van der Waals surface area contributed by atoms with Gasteiger partial charge in [-0.05, 0) is 37.1 Å². The van der Waals surface area contributed by atoms with Crippen LogP contribution in [0, 0.1) is 0 Å². The van der Waals surface area contributed by atoms with Gasteiger partial charge >= 0.3 is 0 Å². The van der Waals surface area contributed by atoms with Crippen LogP contribution in [0.2, 0.25) is 0 Å². The largest absolute Gasteiger partial charge is 0.495 e. The molecule has 2 heterocycles. The highest BCUT2D eigenvalue weighted by molar-refractivity contribution is 5.92. The molecule has 0 atom stereocenters. The van der Waals surface area contributed by atoms with Crippen molar-refractivity contribution in [2.75, 3.05) is 12.4 Å². The monoisotopic (exact) mass is 352 g/mol. The Balaban J connectivity index is 1.48. The van der Waals surface area contributed by atoms with Gasteiger partial charge in [0.25, 0.3) is 5.89 Å². The number of carbonyl (C=O) groups is 1. The van der Waals surface area contributed by atoms with Crippen molar-refractivity contribution in [3.8, 4) is 17.3 Å². The Labute approximate surface area is 151 Å². The van der Waals surface area contributed by atoms with Crippen LogP contribution in [-0.2, 0) is 11.3 Å². The number of ether oxygens (including phenoxy) is 1. The normalized spacial score (nSPS) is 14.0. The molecule has 1 fully saturated rings. The molecule has 7 nitrogen and oxygen atoms in total. The molecule has 3 aromatic rings. The lowest BCUT2D eigenvalue weighted by atomic mass is 9.85. The Bertz CT molecular complexity index is 911. The van der Waals surface area contributed by atoms with Crippen LogP contribution in [0.4, 0.5) is 5.69 Å². The molecule has 134 valence electrons. The fourth-order valence-corrected chi connectivity index (χ4v) is 3.00. The Morgan fingerprint density at radius 3 is 2.88 bits per heavy atom. The van der Waals surface area contributed by atoms with E-state index in [1.54, 1.807) is 23.8 Å². The number of hydrogen-bond acceptors (Lipinski definition) is 5. The molecule has 0 aliphatic heterocycles. The average Bonchev–Trinajstić information content (AvgIpc) is 3.23. The smallest absolute Gasteiger partial charge is 0.264 e. The molecule has 26 heavy (non-hydrogen) atoms. The van der Waals surface area contributed by atoms with Crippen molar-refractivity contribution in [1.82, 2.24) is 14.8 Å². The Morgan fingerprint density at radius 2 is 2.12 bits per heavy atom. The summed E-state index contributed by atoms with van der Waals surface area (Å²) in [5.41, 5.74) is 1.37. The van der Waals surface area contributed by atoms with Crippen LogP contribution in [0.1, 0.15) is 31.1 Å². The molecule has 1 aliphatic carbocycles. The molecule has 0 spiro atoms. The molecule has 1 N–H and O–H groups in total. The Hall–Kier alpha value is -3.09. The Kier molecular flexibility index (Phi) is 4.43. The molecule has 0 bridgehead atoms. The predicted molar refractivity (Wildman–Crippen MR) is 95.9 cm³/mol. The summed E-state index contributed by atoms with van der Waals surface area (Å²) in [5.74, 6) is 1.98. The summed E-state index contributed by atoms with van der Waals surface area (Å²) in [6, 6.07) is 11.0. The number of methoxy groups -OCH3 is 1. The van der Waals surface area contributed by atoms with Crippen LogP contribution in [-0.4, -0.2) is 27.8 Å². The molecule has 0 radical (unpaired) electrons. The molecule has 7 heteroatoms. The first-order valence-corrected chi connectivity index (χ1v) is 8.66. The van der Waals surface area contributed by atoms with Crippen molar-refractivity contribution >= 4 is 11.6 Å². The Morgan fingerprint density at radius 1 is 1.27 bits per heavy atom. The second kappa shape index (κ2) is 7.03. The van der Waals surface area contributed by atoms with Gasteiger partial charge in [-0.2, -0.15) is 0 Å². The number of amides is 1. The molecule has 1 aliphatic rings. The minimum absolute atomic E-state index is 0.140. The zero-order chi connectivity index (χ0) is 17.9. The third kappa shape index (κ3) is 3.20.